The second-order valence-corrected chi connectivity index (χ2v) is 10.3. The van der Waals surface area contributed by atoms with Crippen LogP contribution in [0.5, 0.6) is 5.75 Å². The van der Waals surface area contributed by atoms with E-state index in [1.165, 1.54) is 10.7 Å². The number of nitrogens with zero attached hydrogens (tertiary/aromatic N) is 7. The van der Waals surface area contributed by atoms with Crippen LogP contribution in [0.2, 0.25) is 0 Å². The summed E-state index contributed by atoms with van der Waals surface area (Å²) in [6, 6.07) is 6.06. The van der Waals surface area contributed by atoms with Gasteiger partial charge in [0.2, 0.25) is 0 Å². The van der Waals surface area contributed by atoms with Crippen molar-refractivity contribution >= 4 is 5.82 Å². The highest BCUT2D eigenvalue weighted by Gasteiger charge is 2.50. The minimum atomic E-state index is -0.995. The van der Waals surface area contributed by atoms with Crippen molar-refractivity contribution in [1.29, 1.82) is 5.26 Å². The molecule has 2 saturated heterocycles. The fourth-order valence-corrected chi connectivity index (χ4v) is 5.70. The zero-order valence-electron chi connectivity index (χ0n) is 19.8. The standard InChI is InChI=1S/C25H26F2N8O/c1-25-8-2-3-18(30-25)23(27)20(10-25)35(14-4-5-14)22-12-29-24(32-31-22)16-7-6-15(9-21(16)36)34-13-17(26)19(11-28)33-34/h6-7,9,12-14,18,20,23,30,36H,2-5,8,10H2,1H3/t18-,20-,23+,25-/m1/s1. The number of nitrogens with one attached hydrogen (secondary N) is 1. The van der Waals surface area contributed by atoms with Gasteiger partial charge in [-0.2, -0.15) is 10.4 Å². The summed E-state index contributed by atoms with van der Waals surface area (Å²) >= 11 is 0. The molecule has 4 atom stereocenters. The maximum Gasteiger partial charge on any atom is 0.198 e. The number of benzene rings is 1. The molecule has 9 nitrogen and oxygen atoms in total. The molecule has 2 aromatic heterocycles. The first-order valence-corrected chi connectivity index (χ1v) is 12.2. The molecule has 2 aliphatic heterocycles. The third-order valence-corrected chi connectivity index (χ3v) is 7.56. The van der Waals surface area contributed by atoms with Crippen LogP contribution in [0.1, 0.15) is 51.1 Å². The quantitative estimate of drug-likeness (QED) is 0.557. The van der Waals surface area contributed by atoms with Crippen molar-refractivity contribution in [2.75, 3.05) is 4.90 Å². The third-order valence-electron chi connectivity index (χ3n) is 7.56. The molecule has 1 saturated carbocycles. The molecule has 0 unspecified atom stereocenters. The summed E-state index contributed by atoms with van der Waals surface area (Å²) in [5, 5.41) is 35.5. The van der Waals surface area contributed by atoms with Crippen LogP contribution in [0.3, 0.4) is 0 Å². The molecule has 0 radical (unpaired) electrons. The molecule has 11 heteroatoms. The van der Waals surface area contributed by atoms with Gasteiger partial charge >= 0.3 is 0 Å². The van der Waals surface area contributed by atoms with Crippen LogP contribution in [0.25, 0.3) is 17.1 Å². The maximum atomic E-state index is 15.6. The van der Waals surface area contributed by atoms with Crippen LogP contribution in [0.15, 0.2) is 30.6 Å². The van der Waals surface area contributed by atoms with Crippen molar-refractivity contribution in [2.24, 2.45) is 0 Å². The highest BCUT2D eigenvalue weighted by atomic mass is 19.1. The SMILES string of the molecule is C[C@]12CCC[C@@H](N1)[C@H](F)[C@H](N(c1cnc(-c3ccc(-n4cc(F)c(C#N)n4)cc3O)nn1)C1CC1)C2. The van der Waals surface area contributed by atoms with E-state index >= 15 is 4.39 Å². The Morgan fingerprint density at radius 2 is 2.11 bits per heavy atom. The number of anilines is 1. The van der Waals surface area contributed by atoms with Gasteiger partial charge < -0.3 is 15.3 Å². The van der Waals surface area contributed by atoms with Crippen molar-refractivity contribution in [3.63, 3.8) is 0 Å². The van der Waals surface area contributed by atoms with Crippen molar-refractivity contribution in [3.8, 4) is 28.9 Å². The Bertz CT molecular complexity index is 1330. The smallest absolute Gasteiger partial charge is 0.198 e. The summed E-state index contributed by atoms with van der Waals surface area (Å²) in [7, 11) is 0. The minimum absolute atomic E-state index is 0.0802. The molecule has 6 rings (SSSR count). The summed E-state index contributed by atoms with van der Waals surface area (Å²) in [6.07, 6.45) is 7.27. The molecule has 186 valence electrons. The van der Waals surface area contributed by atoms with Crippen molar-refractivity contribution in [3.05, 3.63) is 42.1 Å². The first kappa shape index (κ1) is 22.8. The molecule has 3 fully saturated rings. The highest BCUT2D eigenvalue weighted by Crippen LogP contribution is 2.42. The summed E-state index contributed by atoms with van der Waals surface area (Å²) in [5.41, 5.74) is 0.309. The molecule has 2 bridgehead atoms. The van der Waals surface area contributed by atoms with Gasteiger partial charge in [0.05, 0.1) is 29.7 Å². The number of phenolic OH excluding ortho intramolecular Hbond substituents is 1. The molecular formula is C25H26F2N8O. The first-order chi connectivity index (χ1) is 17.3. The predicted octanol–water partition coefficient (Wildman–Crippen LogP) is 3.42. The van der Waals surface area contributed by atoms with Gasteiger partial charge in [-0.1, -0.05) is 0 Å². The monoisotopic (exact) mass is 492 g/mol. The Hall–Kier alpha value is -3.65. The van der Waals surface area contributed by atoms with Crippen LogP contribution in [-0.2, 0) is 0 Å². The molecule has 3 aromatic rings. The number of hydrogen-bond donors (Lipinski definition) is 2. The van der Waals surface area contributed by atoms with E-state index in [0.717, 1.165) is 38.3 Å². The lowest BCUT2D eigenvalue weighted by atomic mass is 9.74. The topological polar surface area (TPSA) is 116 Å². The van der Waals surface area contributed by atoms with E-state index in [0.29, 0.717) is 23.5 Å². The van der Waals surface area contributed by atoms with E-state index < -0.39 is 12.0 Å². The number of phenols is 1. The molecule has 1 aliphatic carbocycles. The van der Waals surface area contributed by atoms with Crippen molar-refractivity contribution in [2.45, 2.75) is 75.3 Å². The number of aromatic nitrogens is 5. The summed E-state index contributed by atoms with van der Waals surface area (Å²) in [5.74, 6) is -0.122. The number of rotatable bonds is 5. The van der Waals surface area contributed by atoms with Gasteiger partial charge in [0.25, 0.3) is 0 Å². The minimum Gasteiger partial charge on any atom is -0.507 e. The van der Waals surface area contributed by atoms with Gasteiger partial charge in [-0.3, -0.25) is 0 Å². The number of fused-ring (bicyclic) bond motifs is 2. The zero-order chi connectivity index (χ0) is 25.0. The Labute approximate surface area is 206 Å². The molecule has 4 heterocycles. The fourth-order valence-electron chi connectivity index (χ4n) is 5.70. The number of piperidine rings is 2. The van der Waals surface area contributed by atoms with Gasteiger partial charge in [0, 0.05) is 23.7 Å². The number of aromatic hydroxyl groups is 1. The van der Waals surface area contributed by atoms with Gasteiger partial charge in [0.15, 0.2) is 23.2 Å². The Balaban J connectivity index is 1.27. The van der Waals surface area contributed by atoms with E-state index in [4.69, 9.17) is 5.26 Å². The fraction of sp³-hybridized carbons (Fsp3) is 0.480. The molecule has 0 amide bonds. The predicted molar refractivity (Wildman–Crippen MR) is 127 cm³/mol. The van der Waals surface area contributed by atoms with E-state index in [-0.39, 0.29) is 40.9 Å². The first-order valence-electron chi connectivity index (χ1n) is 12.2. The largest absolute Gasteiger partial charge is 0.507 e. The highest BCUT2D eigenvalue weighted by molar-refractivity contribution is 5.66. The van der Waals surface area contributed by atoms with Crippen LogP contribution in [0.4, 0.5) is 14.6 Å². The maximum absolute atomic E-state index is 15.6. The summed E-state index contributed by atoms with van der Waals surface area (Å²) in [6.45, 7) is 2.18. The molecule has 1 aromatic carbocycles. The second kappa shape index (κ2) is 8.48. The number of halogens is 2. The Morgan fingerprint density at radius 1 is 1.28 bits per heavy atom. The normalized spacial score (nSPS) is 27.4. The van der Waals surface area contributed by atoms with Crippen molar-refractivity contribution in [1.82, 2.24) is 30.3 Å². The lowest BCUT2D eigenvalue weighted by Crippen LogP contribution is -2.67. The van der Waals surface area contributed by atoms with Gasteiger partial charge in [0.1, 0.15) is 18.0 Å². The molecule has 3 aliphatic rings. The van der Waals surface area contributed by atoms with Crippen molar-refractivity contribution < 1.29 is 13.9 Å². The van der Waals surface area contributed by atoms with Crippen LogP contribution in [-0.4, -0.2) is 59.9 Å². The zero-order valence-corrected chi connectivity index (χ0v) is 19.8. The number of nitriles is 1. The van der Waals surface area contributed by atoms with Crippen LogP contribution >= 0.6 is 0 Å². The molecular weight excluding hydrogens is 466 g/mol. The lowest BCUT2D eigenvalue weighted by molar-refractivity contribution is 0.0584. The second-order valence-electron chi connectivity index (χ2n) is 10.3. The molecule has 36 heavy (non-hydrogen) atoms. The lowest BCUT2D eigenvalue weighted by Gasteiger charge is -2.52. The Morgan fingerprint density at radius 3 is 2.78 bits per heavy atom. The van der Waals surface area contributed by atoms with Gasteiger partial charge in [-0.15, -0.1) is 10.2 Å². The summed E-state index contributed by atoms with van der Waals surface area (Å²) in [4.78, 5) is 6.52. The molecule has 2 N–H and O–H groups in total. The number of hydrogen-bond acceptors (Lipinski definition) is 8. The number of alkyl halides is 1. The van der Waals surface area contributed by atoms with Crippen LogP contribution < -0.4 is 10.2 Å². The average molecular weight is 493 g/mol. The van der Waals surface area contributed by atoms with Gasteiger partial charge in [-0.25, -0.2) is 18.4 Å². The van der Waals surface area contributed by atoms with Crippen LogP contribution in [0, 0.1) is 17.1 Å². The Kier molecular flexibility index (Phi) is 5.37. The third kappa shape index (κ3) is 3.95. The summed E-state index contributed by atoms with van der Waals surface area (Å²) < 4.78 is 30.5. The van der Waals surface area contributed by atoms with Gasteiger partial charge in [-0.05, 0) is 57.6 Å². The van der Waals surface area contributed by atoms with E-state index in [2.05, 4.69) is 37.4 Å². The van der Waals surface area contributed by atoms with E-state index in [9.17, 15) is 9.50 Å². The van der Waals surface area contributed by atoms with E-state index in [1.807, 2.05) is 0 Å². The molecule has 0 spiro atoms. The van der Waals surface area contributed by atoms with E-state index in [1.54, 1.807) is 24.4 Å². The average Bonchev–Trinajstić information content (AvgIpc) is 3.63.